The van der Waals surface area contributed by atoms with E-state index in [1.165, 1.54) is 0 Å². The van der Waals surface area contributed by atoms with Crippen molar-refractivity contribution >= 4 is 45.6 Å². The van der Waals surface area contributed by atoms with Gasteiger partial charge in [-0.15, -0.1) is 5.10 Å². The molecule has 7 heterocycles. The van der Waals surface area contributed by atoms with Crippen molar-refractivity contribution < 1.29 is 9.47 Å². The van der Waals surface area contributed by atoms with Crippen molar-refractivity contribution in [3.63, 3.8) is 0 Å². The molecule has 0 radical (unpaired) electrons. The number of imidazole rings is 1. The fraction of sp³-hybridized carbons (Fsp3) is 0.526. The number of hydrogen-bond donors (Lipinski definition) is 0. The van der Waals surface area contributed by atoms with E-state index >= 15 is 0 Å². The Morgan fingerprint density at radius 2 is 2.07 bits per heavy atom. The Labute approximate surface area is 189 Å². The maximum Gasteiger partial charge on any atom is 0.178 e. The minimum atomic E-state index is 0.287. The van der Waals surface area contributed by atoms with Gasteiger partial charge in [0.25, 0.3) is 0 Å². The van der Waals surface area contributed by atoms with Gasteiger partial charge in [0.2, 0.25) is 0 Å². The number of nitrogens with zero attached hydrogens (tertiary/aromatic N) is 7. The summed E-state index contributed by atoms with van der Waals surface area (Å²) in [5.74, 6) is 0.976. The molecule has 0 N–H and O–H groups in total. The molecule has 7 rings (SSSR count). The standard InChI is InChI=1S/C19H23IN7O2P/c1-12-11-28-5-4-25(12)16-7-18(24-9-13-6-14(10-24)29-13)23-27-17(8-21-19(16)27)15-2-3-26(22-15)30-20/h2-3,7-8,12-14,30H,4-6,9-11H2,1H3. The lowest BCUT2D eigenvalue weighted by atomic mass is 9.99. The van der Waals surface area contributed by atoms with Gasteiger partial charge >= 0.3 is 0 Å². The number of ether oxygens (including phenoxy) is 2. The molecule has 0 amide bonds. The summed E-state index contributed by atoms with van der Waals surface area (Å²) < 4.78 is 15.4. The zero-order valence-electron chi connectivity index (χ0n) is 16.6. The largest absolute Gasteiger partial charge is 0.377 e. The Balaban J connectivity index is 1.49. The lowest BCUT2D eigenvalue weighted by Crippen LogP contribution is -2.57. The van der Waals surface area contributed by atoms with E-state index < -0.39 is 0 Å². The van der Waals surface area contributed by atoms with Gasteiger partial charge in [-0.05, 0) is 35.0 Å². The maximum absolute atomic E-state index is 5.84. The van der Waals surface area contributed by atoms with Crippen LogP contribution in [0.1, 0.15) is 13.3 Å². The molecule has 30 heavy (non-hydrogen) atoms. The molecule has 0 saturated carbocycles. The minimum Gasteiger partial charge on any atom is -0.377 e. The molecule has 3 aromatic heterocycles. The Hall–Kier alpha value is -1.49. The van der Waals surface area contributed by atoms with Crippen LogP contribution in [0.25, 0.3) is 17.0 Å². The molecule has 4 aliphatic rings. The molecule has 0 aromatic carbocycles. The Morgan fingerprint density at radius 1 is 1.23 bits per heavy atom. The quantitative estimate of drug-likeness (QED) is 0.373. The summed E-state index contributed by atoms with van der Waals surface area (Å²) in [6.07, 6.45) is 6.28. The lowest BCUT2D eigenvalue weighted by molar-refractivity contribution is -0.133. The third-order valence-corrected chi connectivity index (χ3v) is 8.04. The smallest absolute Gasteiger partial charge is 0.178 e. The highest BCUT2D eigenvalue weighted by molar-refractivity contribution is 14.2. The predicted octanol–water partition coefficient (Wildman–Crippen LogP) is 2.59. The van der Waals surface area contributed by atoms with Crippen molar-refractivity contribution in [1.82, 2.24) is 24.1 Å². The summed E-state index contributed by atoms with van der Waals surface area (Å²) >= 11 is 2.33. The van der Waals surface area contributed by atoms with Crippen molar-refractivity contribution in [2.45, 2.75) is 31.6 Å². The van der Waals surface area contributed by atoms with Crippen LogP contribution in [0.15, 0.2) is 24.5 Å². The monoisotopic (exact) mass is 539 g/mol. The highest BCUT2D eigenvalue weighted by Crippen LogP contribution is 2.35. The lowest BCUT2D eigenvalue weighted by Gasteiger charge is -2.47. The fourth-order valence-corrected chi connectivity index (χ4v) is 5.70. The number of fused-ring (bicyclic) bond motifs is 3. The minimum absolute atomic E-state index is 0.287. The zero-order valence-corrected chi connectivity index (χ0v) is 19.8. The topological polar surface area (TPSA) is 72.9 Å². The van der Waals surface area contributed by atoms with Crippen LogP contribution in [0.3, 0.4) is 0 Å². The first-order valence-corrected chi connectivity index (χ1v) is 14.3. The number of rotatable bonds is 4. The normalized spacial score (nSPS) is 26.7. The van der Waals surface area contributed by atoms with Gasteiger partial charge in [-0.1, -0.05) is 0 Å². The van der Waals surface area contributed by atoms with Crippen LogP contribution in [0.2, 0.25) is 0 Å². The molecule has 4 atom stereocenters. The Kier molecular flexibility index (Phi) is 4.85. The number of piperidine rings is 1. The third kappa shape index (κ3) is 3.19. The molecule has 0 aliphatic carbocycles. The first-order chi connectivity index (χ1) is 14.7. The summed E-state index contributed by atoms with van der Waals surface area (Å²) in [5.41, 5.74) is 3.78. The average molecular weight is 539 g/mol. The molecule has 9 nitrogen and oxygen atoms in total. The van der Waals surface area contributed by atoms with Crippen LogP contribution in [0.4, 0.5) is 11.5 Å². The first kappa shape index (κ1) is 19.2. The van der Waals surface area contributed by atoms with E-state index in [9.17, 15) is 0 Å². The van der Waals surface area contributed by atoms with Gasteiger partial charge in [0.15, 0.2) is 11.5 Å². The van der Waals surface area contributed by atoms with E-state index in [1.54, 1.807) is 0 Å². The van der Waals surface area contributed by atoms with Gasteiger partial charge in [0, 0.05) is 44.4 Å². The second-order valence-electron chi connectivity index (χ2n) is 8.13. The summed E-state index contributed by atoms with van der Waals surface area (Å²) in [4.78, 5) is 9.52. The third-order valence-electron chi connectivity index (χ3n) is 6.13. The number of halogens is 1. The summed E-state index contributed by atoms with van der Waals surface area (Å²) in [7, 11) is 0. The number of aromatic nitrogens is 5. The molecule has 0 spiro atoms. The van der Waals surface area contributed by atoms with Gasteiger partial charge < -0.3 is 19.3 Å². The molecular formula is C19H23IN7O2P. The highest BCUT2D eigenvalue weighted by Gasteiger charge is 2.39. The molecular weight excluding hydrogens is 516 g/mol. The number of anilines is 2. The average Bonchev–Trinajstić information content (AvgIpc) is 3.40. The van der Waals surface area contributed by atoms with Crippen LogP contribution in [-0.4, -0.2) is 75.2 Å². The van der Waals surface area contributed by atoms with E-state index in [4.69, 9.17) is 24.7 Å². The highest BCUT2D eigenvalue weighted by atomic mass is 127. The maximum atomic E-state index is 5.84. The predicted molar refractivity (Wildman–Crippen MR) is 125 cm³/mol. The SMILES string of the molecule is CC1COCCN1c1cc(N2CC3CC(C2)O3)nn2c(-c3ccn(PI)n3)cnc12. The van der Waals surface area contributed by atoms with Crippen LogP contribution in [-0.2, 0) is 9.47 Å². The van der Waals surface area contributed by atoms with Crippen molar-refractivity contribution in [3.8, 4) is 11.4 Å². The van der Waals surface area contributed by atoms with Crippen LogP contribution >= 0.6 is 28.4 Å². The fourth-order valence-electron chi connectivity index (χ4n) is 4.62. The number of morpholine rings is 2. The van der Waals surface area contributed by atoms with Crippen LogP contribution in [0, 0.1) is 0 Å². The van der Waals surface area contributed by atoms with Gasteiger partial charge in [-0.3, -0.25) is 0 Å². The molecule has 4 fully saturated rings. The molecule has 11 heteroatoms. The van der Waals surface area contributed by atoms with E-state index in [-0.39, 0.29) is 6.04 Å². The van der Waals surface area contributed by atoms with E-state index in [0.717, 1.165) is 67.8 Å². The molecule has 4 saturated heterocycles. The summed E-state index contributed by atoms with van der Waals surface area (Å²) in [6, 6.07) is 4.52. The molecule has 2 bridgehead atoms. The zero-order chi connectivity index (χ0) is 20.2. The second kappa shape index (κ2) is 7.58. The molecule has 4 aliphatic heterocycles. The van der Waals surface area contributed by atoms with E-state index in [0.29, 0.717) is 18.6 Å². The molecule has 4 unspecified atom stereocenters. The Morgan fingerprint density at radius 3 is 2.80 bits per heavy atom. The van der Waals surface area contributed by atoms with Crippen molar-refractivity contribution in [1.29, 1.82) is 0 Å². The first-order valence-electron chi connectivity index (χ1n) is 10.3. The van der Waals surface area contributed by atoms with Gasteiger partial charge in [0.05, 0.1) is 43.7 Å². The molecule has 158 valence electrons. The summed E-state index contributed by atoms with van der Waals surface area (Å²) in [5, 5.41) is 9.72. The summed E-state index contributed by atoms with van der Waals surface area (Å²) in [6.45, 7) is 6.28. The van der Waals surface area contributed by atoms with Gasteiger partial charge in [-0.25, -0.2) is 14.0 Å². The van der Waals surface area contributed by atoms with Gasteiger partial charge in [0.1, 0.15) is 11.4 Å². The van der Waals surface area contributed by atoms with Crippen LogP contribution in [0.5, 0.6) is 0 Å². The van der Waals surface area contributed by atoms with Gasteiger partial charge in [-0.2, -0.15) is 5.10 Å². The van der Waals surface area contributed by atoms with Crippen molar-refractivity contribution in [2.75, 3.05) is 42.6 Å². The van der Waals surface area contributed by atoms with Crippen LogP contribution < -0.4 is 9.80 Å². The number of hydrogen-bond acceptors (Lipinski definition) is 7. The van der Waals surface area contributed by atoms with E-state index in [2.05, 4.69) is 44.8 Å². The van der Waals surface area contributed by atoms with E-state index in [1.807, 2.05) is 27.4 Å². The van der Waals surface area contributed by atoms with Crippen molar-refractivity contribution in [2.24, 2.45) is 0 Å². The Bertz CT molecular complexity index is 1070. The molecule has 3 aromatic rings. The van der Waals surface area contributed by atoms with Crippen molar-refractivity contribution in [3.05, 3.63) is 24.5 Å². The second-order valence-corrected chi connectivity index (χ2v) is 10.2.